The second kappa shape index (κ2) is 3.10. The maximum atomic E-state index is 11.1. The molecule has 0 bridgehead atoms. The van der Waals surface area contributed by atoms with E-state index in [1.807, 2.05) is 6.26 Å². The molecule has 0 radical (unpaired) electrons. The van der Waals surface area contributed by atoms with Crippen molar-refractivity contribution in [2.45, 2.75) is 12.4 Å². The maximum Gasteiger partial charge on any atom is 0.286 e. The number of hydrogen-bond acceptors (Lipinski definition) is 5. The molecule has 1 amide bonds. The zero-order valence-electron chi connectivity index (χ0n) is 6.37. The van der Waals surface area contributed by atoms with Gasteiger partial charge in [-0.15, -0.1) is 11.8 Å². The molecule has 0 aliphatic carbocycles. The van der Waals surface area contributed by atoms with E-state index in [1.54, 1.807) is 6.92 Å². The molecule has 1 unspecified atom stereocenters. The Morgan fingerprint density at radius 3 is 3.00 bits per heavy atom. The van der Waals surface area contributed by atoms with Gasteiger partial charge < -0.3 is 0 Å². The van der Waals surface area contributed by atoms with Crippen molar-refractivity contribution in [2.75, 3.05) is 6.26 Å². The Labute approximate surface area is 69.0 Å². The van der Waals surface area contributed by atoms with Crippen LogP contribution < -0.4 is 11.3 Å². The van der Waals surface area contributed by atoms with Gasteiger partial charge in [-0.25, -0.2) is 10.9 Å². The predicted octanol–water partition coefficient (Wildman–Crippen LogP) is -0.686. The molecule has 0 aromatic heterocycles. The van der Waals surface area contributed by atoms with E-state index in [-0.39, 0.29) is 11.4 Å². The minimum atomic E-state index is -0.244. The van der Waals surface area contributed by atoms with Crippen molar-refractivity contribution in [3.63, 3.8) is 0 Å². The fourth-order valence-corrected chi connectivity index (χ4v) is 1.20. The van der Waals surface area contributed by atoms with E-state index < -0.39 is 0 Å². The van der Waals surface area contributed by atoms with Gasteiger partial charge in [0.15, 0.2) is 5.50 Å². The summed E-state index contributed by atoms with van der Waals surface area (Å²) in [7, 11) is 0. The van der Waals surface area contributed by atoms with Crippen LogP contribution in [0.25, 0.3) is 0 Å². The van der Waals surface area contributed by atoms with Gasteiger partial charge >= 0.3 is 0 Å². The lowest BCUT2D eigenvalue weighted by molar-refractivity contribution is -0.126. The van der Waals surface area contributed by atoms with Crippen molar-refractivity contribution in [3.05, 3.63) is 0 Å². The number of hydrazine groups is 1. The molecule has 3 N–H and O–H groups in total. The first kappa shape index (κ1) is 8.35. The summed E-state index contributed by atoms with van der Waals surface area (Å²) in [5, 5.41) is 4.92. The van der Waals surface area contributed by atoms with Gasteiger partial charge in [0, 0.05) is 0 Å². The van der Waals surface area contributed by atoms with Crippen molar-refractivity contribution in [3.8, 4) is 0 Å². The molecule has 11 heavy (non-hydrogen) atoms. The lowest BCUT2D eigenvalue weighted by Gasteiger charge is -2.28. The predicted molar refractivity (Wildman–Crippen MR) is 44.6 cm³/mol. The van der Waals surface area contributed by atoms with Crippen LogP contribution in [0.4, 0.5) is 0 Å². The first-order valence-corrected chi connectivity index (χ1v) is 4.36. The summed E-state index contributed by atoms with van der Waals surface area (Å²) in [6.07, 6.45) is 1.85. The number of nitrogens with one attached hydrogen (secondary N) is 1. The van der Waals surface area contributed by atoms with Crippen molar-refractivity contribution >= 4 is 23.4 Å². The third-order valence-corrected chi connectivity index (χ3v) is 2.14. The molecule has 1 atom stereocenters. The number of carbonyl (C=O) groups excluding carboxylic acids is 1. The molecule has 62 valence electrons. The molecule has 1 aliphatic rings. The minimum Gasteiger partial charge on any atom is -0.276 e. The molecule has 1 aliphatic heterocycles. The van der Waals surface area contributed by atoms with Crippen LogP contribution >= 0.6 is 11.8 Å². The molecule has 1 rings (SSSR count). The first-order valence-electron chi connectivity index (χ1n) is 3.07. The first-order chi connectivity index (χ1) is 5.16. The number of carbonyl (C=O) groups is 1. The van der Waals surface area contributed by atoms with Crippen LogP contribution in [-0.2, 0) is 4.79 Å². The highest BCUT2D eigenvalue weighted by Crippen LogP contribution is 2.09. The molecule has 0 spiro atoms. The van der Waals surface area contributed by atoms with Gasteiger partial charge in [0.1, 0.15) is 5.71 Å². The van der Waals surface area contributed by atoms with E-state index in [9.17, 15) is 4.79 Å². The standard InChI is InChI=1S/C5H10N4OS/c1-3-4(10)9(6)5(11-2)8-7-3/h5,8H,6H2,1-2H3. The zero-order valence-corrected chi connectivity index (χ0v) is 7.18. The van der Waals surface area contributed by atoms with Gasteiger partial charge in [-0.05, 0) is 13.2 Å². The third-order valence-electron chi connectivity index (χ3n) is 1.36. The van der Waals surface area contributed by atoms with Crippen LogP contribution in [0.5, 0.6) is 0 Å². The van der Waals surface area contributed by atoms with Crippen molar-refractivity contribution in [1.82, 2.24) is 10.4 Å². The van der Waals surface area contributed by atoms with E-state index >= 15 is 0 Å². The molecule has 5 nitrogen and oxygen atoms in total. The van der Waals surface area contributed by atoms with Crippen molar-refractivity contribution in [1.29, 1.82) is 0 Å². The fraction of sp³-hybridized carbons (Fsp3) is 0.600. The van der Waals surface area contributed by atoms with Crippen molar-refractivity contribution in [2.24, 2.45) is 10.9 Å². The molecule has 0 saturated heterocycles. The van der Waals surface area contributed by atoms with Gasteiger partial charge in [0.25, 0.3) is 5.91 Å². The second-order valence-corrected chi connectivity index (χ2v) is 3.04. The minimum absolute atomic E-state index is 0.233. The van der Waals surface area contributed by atoms with Crippen molar-refractivity contribution < 1.29 is 4.79 Å². The van der Waals surface area contributed by atoms with E-state index in [4.69, 9.17) is 5.84 Å². The Kier molecular flexibility index (Phi) is 2.35. The summed E-state index contributed by atoms with van der Waals surface area (Å²) >= 11 is 1.42. The van der Waals surface area contributed by atoms with Crippen LogP contribution in [0, 0.1) is 0 Å². The zero-order chi connectivity index (χ0) is 8.43. The highest BCUT2D eigenvalue weighted by molar-refractivity contribution is 7.99. The molecule has 0 fully saturated rings. The number of thioether (sulfide) groups is 1. The number of nitrogens with two attached hydrogens (primary N) is 1. The summed E-state index contributed by atoms with van der Waals surface area (Å²) < 4.78 is 0. The molecule has 0 saturated carbocycles. The van der Waals surface area contributed by atoms with E-state index in [1.165, 1.54) is 11.8 Å². The normalized spacial score (nSPS) is 24.6. The maximum absolute atomic E-state index is 11.1. The highest BCUT2D eigenvalue weighted by atomic mass is 32.2. The van der Waals surface area contributed by atoms with Crippen LogP contribution in [0.15, 0.2) is 5.10 Å². The Morgan fingerprint density at radius 1 is 1.82 bits per heavy atom. The average Bonchev–Trinajstić information content (AvgIpc) is 2.01. The number of hydrazone groups is 1. The SMILES string of the molecule is CSC1NN=C(C)C(=O)N1N. The van der Waals surface area contributed by atoms with E-state index in [0.29, 0.717) is 5.71 Å². The van der Waals surface area contributed by atoms with Gasteiger partial charge in [0.05, 0.1) is 0 Å². The summed E-state index contributed by atoms with van der Waals surface area (Å²) in [5.41, 5.74) is 2.87. The summed E-state index contributed by atoms with van der Waals surface area (Å²) in [6, 6.07) is 0. The molecular weight excluding hydrogens is 164 g/mol. The highest BCUT2D eigenvalue weighted by Gasteiger charge is 2.25. The Hall–Kier alpha value is -0.750. The van der Waals surface area contributed by atoms with Gasteiger partial charge in [-0.1, -0.05) is 0 Å². The molecule has 6 heteroatoms. The average molecular weight is 174 g/mol. The molecule has 1 heterocycles. The fourth-order valence-electron chi connectivity index (χ4n) is 0.722. The number of amides is 1. The van der Waals surface area contributed by atoms with Crippen LogP contribution in [0.2, 0.25) is 0 Å². The van der Waals surface area contributed by atoms with Crippen LogP contribution in [0.1, 0.15) is 6.92 Å². The van der Waals surface area contributed by atoms with E-state index in [0.717, 1.165) is 5.01 Å². The van der Waals surface area contributed by atoms with E-state index in [2.05, 4.69) is 10.5 Å². The van der Waals surface area contributed by atoms with Crippen LogP contribution in [-0.4, -0.2) is 28.4 Å². The van der Waals surface area contributed by atoms with Crippen LogP contribution in [0.3, 0.4) is 0 Å². The topological polar surface area (TPSA) is 70.7 Å². The second-order valence-electron chi connectivity index (χ2n) is 2.13. The molecule has 0 aromatic carbocycles. The summed E-state index contributed by atoms with van der Waals surface area (Å²) in [5.74, 6) is 5.21. The number of hydrogen-bond donors (Lipinski definition) is 2. The lowest BCUT2D eigenvalue weighted by Crippen LogP contribution is -2.55. The Morgan fingerprint density at radius 2 is 2.45 bits per heavy atom. The Bertz CT molecular complexity index is 205. The smallest absolute Gasteiger partial charge is 0.276 e. The van der Waals surface area contributed by atoms with Gasteiger partial charge in [0.2, 0.25) is 0 Å². The van der Waals surface area contributed by atoms with Gasteiger partial charge in [-0.2, -0.15) is 5.10 Å². The largest absolute Gasteiger partial charge is 0.286 e. The summed E-state index contributed by atoms with van der Waals surface area (Å²) in [6.45, 7) is 1.62. The summed E-state index contributed by atoms with van der Waals surface area (Å²) in [4.78, 5) is 11.1. The molecule has 0 aromatic rings. The monoisotopic (exact) mass is 174 g/mol. The Balaban J connectivity index is 2.76. The quantitative estimate of drug-likeness (QED) is 0.408. The van der Waals surface area contributed by atoms with Gasteiger partial charge in [-0.3, -0.25) is 10.2 Å². The molecular formula is C5H10N4OS. The number of rotatable bonds is 1. The lowest BCUT2D eigenvalue weighted by atomic mass is 10.4. The third kappa shape index (κ3) is 1.46. The number of nitrogens with zero attached hydrogens (tertiary/aromatic N) is 2.